The number of aryl methyl sites for hydroxylation is 1. The Morgan fingerprint density at radius 2 is 2.25 bits per heavy atom. The van der Waals surface area contributed by atoms with Crippen LogP contribution in [0.3, 0.4) is 0 Å². The zero-order valence-corrected chi connectivity index (χ0v) is 9.19. The molecular weight excluding hydrogens is 204 g/mol. The molecule has 86 valence electrons. The van der Waals surface area contributed by atoms with Crippen LogP contribution in [0.5, 0.6) is 5.75 Å². The maximum Gasteiger partial charge on any atom is 0.124 e. The van der Waals surface area contributed by atoms with Gasteiger partial charge in [-0.25, -0.2) is 0 Å². The van der Waals surface area contributed by atoms with E-state index in [1.165, 1.54) is 5.56 Å². The van der Waals surface area contributed by atoms with Gasteiger partial charge in [-0.2, -0.15) is 0 Å². The Morgan fingerprint density at radius 3 is 3.06 bits per heavy atom. The van der Waals surface area contributed by atoms with Crippen molar-refractivity contribution < 1.29 is 14.6 Å². The fraction of sp³-hybridized carbons (Fsp3) is 0.538. The lowest BCUT2D eigenvalue weighted by Gasteiger charge is -2.13. The lowest BCUT2D eigenvalue weighted by molar-refractivity contribution is 0.141. The molecule has 1 N–H and O–H groups in total. The molecule has 1 aromatic rings. The van der Waals surface area contributed by atoms with Gasteiger partial charge in [0.2, 0.25) is 0 Å². The van der Waals surface area contributed by atoms with Gasteiger partial charge in [-0.15, -0.1) is 0 Å². The molecule has 0 amide bonds. The quantitative estimate of drug-likeness (QED) is 0.826. The molecule has 1 fully saturated rings. The number of benzene rings is 1. The monoisotopic (exact) mass is 220 g/mol. The zero-order chi connectivity index (χ0) is 11.0. The average Bonchev–Trinajstić information content (AvgIpc) is 2.90. The smallest absolute Gasteiger partial charge is 0.124 e. The van der Waals surface area contributed by atoms with Crippen LogP contribution in [-0.2, 0) is 11.2 Å². The summed E-state index contributed by atoms with van der Waals surface area (Å²) in [5, 5.41) is 9.70. The van der Waals surface area contributed by atoms with Crippen LogP contribution in [0, 0.1) is 0 Å². The van der Waals surface area contributed by atoms with Crippen LogP contribution in [0.4, 0.5) is 0 Å². The predicted molar refractivity (Wildman–Crippen MR) is 59.6 cm³/mol. The molecule has 1 aliphatic heterocycles. The third-order valence-corrected chi connectivity index (χ3v) is 3.35. The van der Waals surface area contributed by atoms with Crippen LogP contribution in [0.2, 0.25) is 0 Å². The fourth-order valence-electron chi connectivity index (χ4n) is 2.44. The van der Waals surface area contributed by atoms with Crippen molar-refractivity contribution in [2.75, 3.05) is 13.2 Å². The summed E-state index contributed by atoms with van der Waals surface area (Å²) in [6.07, 6.45) is 2.68. The standard InChI is InChI=1S/C13H16O3/c14-13-4-1-9-7-10(2-3-12(9)13)16-11-5-6-15-8-11/h2-3,7,11,13-14H,1,4-6,8H2. The summed E-state index contributed by atoms with van der Waals surface area (Å²) in [4.78, 5) is 0. The molecule has 0 spiro atoms. The van der Waals surface area contributed by atoms with Gasteiger partial charge in [0, 0.05) is 6.42 Å². The highest BCUT2D eigenvalue weighted by Crippen LogP contribution is 2.33. The highest BCUT2D eigenvalue weighted by molar-refractivity contribution is 5.39. The lowest BCUT2D eigenvalue weighted by atomic mass is 10.1. The maximum atomic E-state index is 9.70. The van der Waals surface area contributed by atoms with Crippen molar-refractivity contribution in [3.63, 3.8) is 0 Å². The van der Waals surface area contributed by atoms with E-state index < -0.39 is 0 Å². The number of hydrogen-bond acceptors (Lipinski definition) is 3. The van der Waals surface area contributed by atoms with E-state index in [4.69, 9.17) is 9.47 Å². The van der Waals surface area contributed by atoms with E-state index in [2.05, 4.69) is 6.07 Å². The van der Waals surface area contributed by atoms with Crippen LogP contribution in [0.25, 0.3) is 0 Å². The molecule has 1 heterocycles. The fourth-order valence-corrected chi connectivity index (χ4v) is 2.44. The molecule has 0 saturated carbocycles. The molecule has 2 aliphatic rings. The normalized spacial score (nSPS) is 28.1. The predicted octanol–water partition coefficient (Wildman–Crippen LogP) is 1.83. The van der Waals surface area contributed by atoms with E-state index in [9.17, 15) is 5.11 Å². The topological polar surface area (TPSA) is 38.7 Å². The molecule has 1 saturated heterocycles. The third-order valence-electron chi connectivity index (χ3n) is 3.35. The highest BCUT2D eigenvalue weighted by Gasteiger charge is 2.22. The van der Waals surface area contributed by atoms with Crippen molar-refractivity contribution in [3.8, 4) is 5.75 Å². The van der Waals surface area contributed by atoms with Crippen molar-refractivity contribution in [2.45, 2.75) is 31.5 Å². The maximum absolute atomic E-state index is 9.70. The average molecular weight is 220 g/mol. The van der Waals surface area contributed by atoms with Crippen molar-refractivity contribution in [3.05, 3.63) is 29.3 Å². The van der Waals surface area contributed by atoms with Crippen LogP contribution >= 0.6 is 0 Å². The zero-order valence-electron chi connectivity index (χ0n) is 9.19. The molecule has 2 atom stereocenters. The van der Waals surface area contributed by atoms with Crippen molar-refractivity contribution in [2.24, 2.45) is 0 Å². The minimum absolute atomic E-state index is 0.198. The van der Waals surface area contributed by atoms with Crippen LogP contribution in [-0.4, -0.2) is 24.4 Å². The second-order valence-corrected chi connectivity index (χ2v) is 4.52. The third kappa shape index (κ3) is 1.81. The van der Waals surface area contributed by atoms with E-state index in [1.54, 1.807) is 0 Å². The summed E-state index contributed by atoms with van der Waals surface area (Å²) in [6.45, 7) is 1.49. The Labute approximate surface area is 95.0 Å². The van der Waals surface area contributed by atoms with Gasteiger partial charge in [-0.05, 0) is 36.1 Å². The highest BCUT2D eigenvalue weighted by atomic mass is 16.5. The largest absolute Gasteiger partial charge is 0.488 e. The summed E-state index contributed by atoms with van der Waals surface area (Å²) < 4.78 is 11.1. The van der Waals surface area contributed by atoms with E-state index in [0.717, 1.165) is 37.2 Å². The first-order chi connectivity index (χ1) is 7.83. The molecule has 3 rings (SSSR count). The van der Waals surface area contributed by atoms with E-state index >= 15 is 0 Å². The minimum atomic E-state index is -0.279. The number of fused-ring (bicyclic) bond motifs is 1. The molecule has 1 aliphatic carbocycles. The first-order valence-corrected chi connectivity index (χ1v) is 5.88. The molecule has 0 aromatic heterocycles. The Kier molecular flexibility index (Phi) is 2.58. The van der Waals surface area contributed by atoms with E-state index in [-0.39, 0.29) is 12.2 Å². The molecule has 3 nitrogen and oxygen atoms in total. The van der Waals surface area contributed by atoms with Crippen LogP contribution in [0.15, 0.2) is 18.2 Å². The van der Waals surface area contributed by atoms with Gasteiger partial charge in [0.1, 0.15) is 11.9 Å². The van der Waals surface area contributed by atoms with E-state index in [0.29, 0.717) is 6.61 Å². The second-order valence-electron chi connectivity index (χ2n) is 4.52. The number of ether oxygens (including phenoxy) is 2. The summed E-state index contributed by atoms with van der Waals surface area (Å²) >= 11 is 0. The van der Waals surface area contributed by atoms with Gasteiger partial charge >= 0.3 is 0 Å². The van der Waals surface area contributed by atoms with Gasteiger partial charge in [0.05, 0.1) is 19.3 Å². The van der Waals surface area contributed by atoms with Gasteiger partial charge in [-0.3, -0.25) is 0 Å². The Bertz CT molecular complexity index is 383. The van der Waals surface area contributed by atoms with Crippen LogP contribution < -0.4 is 4.74 Å². The lowest BCUT2D eigenvalue weighted by Crippen LogP contribution is -2.15. The second kappa shape index (κ2) is 4.07. The summed E-state index contributed by atoms with van der Waals surface area (Å²) in [7, 11) is 0. The molecule has 16 heavy (non-hydrogen) atoms. The van der Waals surface area contributed by atoms with Crippen LogP contribution in [0.1, 0.15) is 30.1 Å². The number of rotatable bonds is 2. The van der Waals surface area contributed by atoms with Gasteiger partial charge < -0.3 is 14.6 Å². The van der Waals surface area contributed by atoms with Crippen molar-refractivity contribution in [1.82, 2.24) is 0 Å². The SMILES string of the molecule is OC1CCc2cc(OC3CCOC3)ccc21. The number of aliphatic hydroxyl groups excluding tert-OH is 1. The summed E-state index contributed by atoms with van der Waals surface area (Å²) in [6, 6.07) is 5.99. The van der Waals surface area contributed by atoms with Gasteiger partial charge in [-0.1, -0.05) is 6.07 Å². The summed E-state index contributed by atoms with van der Waals surface area (Å²) in [5.74, 6) is 0.906. The minimum Gasteiger partial charge on any atom is -0.488 e. The Balaban J connectivity index is 1.76. The molecular formula is C13H16O3. The Hall–Kier alpha value is -1.06. The van der Waals surface area contributed by atoms with Crippen molar-refractivity contribution in [1.29, 1.82) is 0 Å². The molecule has 2 unspecified atom stereocenters. The van der Waals surface area contributed by atoms with Crippen molar-refractivity contribution >= 4 is 0 Å². The number of aliphatic hydroxyl groups is 1. The number of hydrogen-bond donors (Lipinski definition) is 1. The first kappa shape index (κ1) is 10.1. The first-order valence-electron chi connectivity index (χ1n) is 5.88. The Morgan fingerprint density at radius 1 is 1.31 bits per heavy atom. The van der Waals surface area contributed by atoms with E-state index in [1.807, 2.05) is 12.1 Å². The van der Waals surface area contributed by atoms with Gasteiger partial charge in [0.15, 0.2) is 0 Å². The molecule has 1 aromatic carbocycles. The molecule has 0 bridgehead atoms. The molecule has 0 radical (unpaired) electrons. The summed E-state index contributed by atoms with van der Waals surface area (Å²) in [5.41, 5.74) is 2.29. The van der Waals surface area contributed by atoms with Gasteiger partial charge in [0.25, 0.3) is 0 Å². The molecule has 3 heteroatoms.